The zero-order valence-corrected chi connectivity index (χ0v) is 18.7. The highest BCUT2D eigenvalue weighted by Gasteiger charge is 2.31. The minimum Gasteiger partial charge on any atom is -0.378 e. The molecule has 0 saturated heterocycles. The van der Waals surface area contributed by atoms with Gasteiger partial charge < -0.3 is 4.74 Å². The fraction of sp³-hybridized carbons (Fsp3) is 0.556. The van der Waals surface area contributed by atoms with Crippen LogP contribution >= 0.6 is 0 Å². The van der Waals surface area contributed by atoms with E-state index < -0.39 is 23.3 Å². The molecule has 2 saturated carbocycles. The van der Waals surface area contributed by atoms with Crippen molar-refractivity contribution in [3.8, 4) is 11.1 Å². The lowest BCUT2D eigenvalue weighted by atomic mass is 9.69. The first-order valence-corrected chi connectivity index (χ1v) is 12.0. The maximum Gasteiger partial charge on any atom is 0.194 e. The Bertz CT molecular complexity index is 889. The van der Waals surface area contributed by atoms with Gasteiger partial charge in [-0.05, 0) is 105 Å². The number of ether oxygens (including phenoxy) is 1. The number of benzene rings is 2. The van der Waals surface area contributed by atoms with Gasteiger partial charge in [-0.15, -0.1) is 0 Å². The van der Waals surface area contributed by atoms with Crippen LogP contribution in [0.1, 0.15) is 76.2 Å². The Morgan fingerprint density at radius 2 is 1.34 bits per heavy atom. The zero-order chi connectivity index (χ0) is 22.7. The van der Waals surface area contributed by atoms with Crippen LogP contribution < -0.4 is 0 Å². The van der Waals surface area contributed by atoms with Crippen LogP contribution in [0.2, 0.25) is 0 Å². The van der Waals surface area contributed by atoms with Crippen molar-refractivity contribution in [3.63, 3.8) is 0 Å². The quantitative estimate of drug-likeness (QED) is 0.320. The van der Waals surface area contributed by atoms with Gasteiger partial charge in [-0.25, -0.2) is 17.6 Å². The monoisotopic (exact) mass is 448 g/mol. The second-order valence-electron chi connectivity index (χ2n) is 9.51. The summed E-state index contributed by atoms with van der Waals surface area (Å²) in [6.45, 7) is 3.01. The first-order valence-electron chi connectivity index (χ1n) is 12.0. The molecule has 2 aliphatic rings. The summed E-state index contributed by atoms with van der Waals surface area (Å²) in [6.07, 6.45) is 10.7. The zero-order valence-electron chi connectivity index (χ0n) is 18.7. The molecule has 2 aromatic rings. The fourth-order valence-corrected chi connectivity index (χ4v) is 5.67. The van der Waals surface area contributed by atoms with Gasteiger partial charge in [-0.3, -0.25) is 0 Å². The molecule has 174 valence electrons. The average Bonchev–Trinajstić information content (AvgIpc) is 2.81. The number of hydrogen-bond acceptors (Lipinski definition) is 1. The van der Waals surface area contributed by atoms with E-state index in [4.69, 9.17) is 4.74 Å². The molecule has 1 nitrogen and oxygen atoms in total. The molecule has 0 aromatic heterocycles. The van der Waals surface area contributed by atoms with E-state index in [1.165, 1.54) is 31.7 Å². The van der Waals surface area contributed by atoms with Crippen LogP contribution in [-0.2, 0) is 4.74 Å². The molecule has 2 aliphatic carbocycles. The van der Waals surface area contributed by atoms with Gasteiger partial charge in [0.1, 0.15) is 5.82 Å². The van der Waals surface area contributed by atoms with Gasteiger partial charge >= 0.3 is 0 Å². The third-order valence-corrected chi connectivity index (χ3v) is 7.47. The smallest absolute Gasteiger partial charge is 0.194 e. The summed E-state index contributed by atoms with van der Waals surface area (Å²) in [5, 5.41) is 0. The van der Waals surface area contributed by atoms with Crippen molar-refractivity contribution in [2.45, 2.75) is 76.7 Å². The highest BCUT2D eigenvalue weighted by atomic mass is 19.2. The van der Waals surface area contributed by atoms with Crippen molar-refractivity contribution in [3.05, 3.63) is 59.2 Å². The van der Waals surface area contributed by atoms with E-state index in [9.17, 15) is 17.6 Å². The SMILES string of the molecule is CCCOC1CCC(C2CCC(c3ccc(-c4cc(F)c(F)c(F)c4)c(F)c3)CC2)CC1. The van der Waals surface area contributed by atoms with Gasteiger partial charge in [0.15, 0.2) is 17.5 Å². The molecule has 0 radical (unpaired) electrons. The van der Waals surface area contributed by atoms with Crippen molar-refractivity contribution in [1.29, 1.82) is 0 Å². The van der Waals surface area contributed by atoms with Crippen LogP contribution in [0.4, 0.5) is 17.6 Å². The Labute approximate surface area is 188 Å². The van der Waals surface area contributed by atoms with Crippen molar-refractivity contribution in [1.82, 2.24) is 0 Å². The first-order chi connectivity index (χ1) is 15.5. The summed E-state index contributed by atoms with van der Waals surface area (Å²) in [4.78, 5) is 0. The van der Waals surface area contributed by atoms with E-state index in [0.29, 0.717) is 12.0 Å². The van der Waals surface area contributed by atoms with Gasteiger partial charge in [0.2, 0.25) is 0 Å². The number of rotatable bonds is 6. The van der Waals surface area contributed by atoms with Crippen molar-refractivity contribution >= 4 is 0 Å². The van der Waals surface area contributed by atoms with Crippen LogP contribution in [0.3, 0.4) is 0 Å². The van der Waals surface area contributed by atoms with Crippen molar-refractivity contribution in [2.75, 3.05) is 6.61 Å². The topological polar surface area (TPSA) is 9.23 Å². The highest BCUT2D eigenvalue weighted by molar-refractivity contribution is 5.65. The molecule has 0 amide bonds. The molecule has 5 heteroatoms. The summed E-state index contributed by atoms with van der Waals surface area (Å²) in [7, 11) is 0. The van der Waals surface area contributed by atoms with E-state index in [1.807, 2.05) is 6.07 Å². The number of halogens is 4. The van der Waals surface area contributed by atoms with E-state index >= 15 is 0 Å². The van der Waals surface area contributed by atoms with Crippen LogP contribution in [0, 0.1) is 35.1 Å². The summed E-state index contributed by atoms with van der Waals surface area (Å²) in [5.41, 5.74) is 1.03. The Balaban J connectivity index is 1.35. The minimum absolute atomic E-state index is 0.00711. The molecule has 0 aliphatic heterocycles. The van der Waals surface area contributed by atoms with Crippen LogP contribution in [0.5, 0.6) is 0 Å². The Morgan fingerprint density at radius 3 is 1.91 bits per heavy atom. The Hall–Kier alpha value is -1.88. The Kier molecular flexibility index (Phi) is 7.55. The molecule has 0 unspecified atom stereocenters. The third kappa shape index (κ3) is 5.19. The first kappa shape index (κ1) is 23.3. The lowest BCUT2D eigenvalue weighted by Crippen LogP contribution is -2.28. The molecule has 32 heavy (non-hydrogen) atoms. The van der Waals surface area contributed by atoms with Gasteiger partial charge in [-0.1, -0.05) is 19.1 Å². The third-order valence-electron chi connectivity index (χ3n) is 7.47. The van der Waals surface area contributed by atoms with E-state index in [1.54, 1.807) is 6.07 Å². The largest absolute Gasteiger partial charge is 0.378 e. The van der Waals surface area contributed by atoms with Crippen LogP contribution in [-0.4, -0.2) is 12.7 Å². The highest BCUT2D eigenvalue weighted by Crippen LogP contribution is 2.43. The molecule has 0 heterocycles. The van der Waals surface area contributed by atoms with Crippen LogP contribution in [0.15, 0.2) is 30.3 Å². The summed E-state index contributed by atoms with van der Waals surface area (Å²) in [6, 6.07) is 6.56. The van der Waals surface area contributed by atoms with E-state index in [-0.39, 0.29) is 11.1 Å². The van der Waals surface area contributed by atoms with Gasteiger partial charge in [0, 0.05) is 12.2 Å². The molecule has 0 atom stereocenters. The number of hydrogen-bond donors (Lipinski definition) is 0. The van der Waals surface area contributed by atoms with Gasteiger partial charge in [0.25, 0.3) is 0 Å². The summed E-state index contributed by atoms with van der Waals surface area (Å²) >= 11 is 0. The second-order valence-corrected chi connectivity index (χ2v) is 9.51. The molecular formula is C27H32F4O. The van der Waals surface area contributed by atoms with Crippen molar-refractivity contribution in [2.24, 2.45) is 11.8 Å². The average molecular weight is 449 g/mol. The molecule has 0 N–H and O–H groups in total. The van der Waals surface area contributed by atoms with Gasteiger partial charge in [-0.2, -0.15) is 0 Å². The molecule has 4 rings (SSSR count). The lowest BCUT2D eigenvalue weighted by molar-refractivity contribution is 0.00827. The fourth-order valence-electron chi connectivity index (χ4n) is 5.67. The molecule has 2 fully saturated rings. The molecule has 2 aromatic carbocycles. The molecule has 0 bridgehead atoms. The summed E-state index contributed by atoms with van der Waals surface area (Å²) in [5.74, 6) is -2.86. The normalized spacial score (nSPS) is 26.3. The molecule has 0 spiro atoms. The maximum atomic E-state index is 14.8. The predicted octanol–water partition coefficient (Wildman–Crippen LogP) is 8.17. The second kappa shape index (κ2) is 10.4. The summed E-state index contributed by atoms with van der Waals surface area (Å²) < 4.78 is 61.0. The Morgan fingerprint density at radius 1 is 0.750 bits per heavy atom. The van der Waals surface area contributed by atoms with Crippen molar-refractivity contribution < 1.29 is 22.3 Å². The van der Waals surface area contributed by atoms with Gasteiger partial charge in [0.05, 0.1) is 6.10 Å². The standard InChI is InChI=1S/C27H32F4O/c1-2-13-32-22-10-7-18(8-11-22)17-3-5-19(6-4-17)20-9-12-23(24(28)14-20)21-15-25(29)27(31)26(30)16-21/h9,12,14-19,22H,2-8,10-11,13H2,1H3. The van der Waals surface area contributed by atoms with Crippen LogP contribution in [0.25, 0.3) is 11.1 Å². The predicted molar refractivity (Wildman–Crippen MR) is 118 cm³/mol. The van der Waals surface area contributed by atoms with E-state index in [2.05, 4.69) is 6.92 Å². The lowest BCUT2D eigenvalue weighted by Gasteiger charge is -2.38. The maximum absolute atomic E-state index is 14.8. The van der Waals surface area contributed by atoms with E-state index in [0.717, 1.165) is 68.2 Å². The molecular weight excluding hydrogens is 416 g/mol. The minimum atomic E-state index is -1.54.